The number of hydrogen-bond donors (Lipinski definition) is 2. The zero-order chi connectivity index (χ0) is 21.8. The van der Waals surface area contributed by atoms with Gasteiger partial charge in [-0.05, 0) is 60.9 Å². The van der Waals surface area contributed by atoms with E-state index in [0.29, 0.717) is 42.4 Å². The molecular weight excluding hydrogens is 396 g/mol. The second kappa shape index (κ2) is 8.95. The first kappa shape index (κ1) is 20.5. The molecule has 1 aliphatic heterocycles. The van der Waals surface area contributed by atoms with Crippen LogP contribution in [-0.2, 0) is 0 Å². The van der Waals surface area contributed by atoms with Crippen LogP contribution < -0.4 is 20.1 Å². The van der Waals surface area contributed by atoms with Crippen LogP contribution in [0.5, 0.6) is 11.5 Å². The molecule has 2 aromatic carbocycles. The molecule has 1 aliphatic rings. The molecule has 2 heterocycles. The first-order valence-electron chi connectivity index (χ1n) is 10.2. The topological polar surface area (TPSA) is 89.8 Å². The van der Waals surface area contributed by atoms with Gasteiger partial charge in [0, 0.05) is 11.3 Å². The summed E-state index contributed by atoms with van der Waals surface area (Å²) in [5, 5.41) is 5.87. The Morgan fingerprint density at radius 3 is 2.55 bits per heavy atom. The Kier molecular flexibility index (Phi) is 5.93. The number of amides is 2. The van der Waals surface area contributed by atoms with Crippen LogP contribution in [0, 0.1) is 6.92 Å². The molecule has 2 amide bonds. The van der Waals surface area contributed by atoms with Crippen molar-refractivity contribution in [2.45, 2.75) is 26.3 Å². The molecule has 2 N–H and O–H groups in total. The number of carbonyl (C=O) groups excluding carboxylic acids is 2. The molecule has 0 spiro atoms. The summed E-state index contributed by atoms with van der Waals surface area (Å²) in [6.45, 7) is 4.91. The first-order valence-corrected chi connectivity index (χ1v) is 10.2. The molecule has 4 rings (SSSR count). The van der Waals surface area contributed by atoms with Crippen LogP contribution in [0.1, 0.15) is 51.4 Å². The normalized spacial score (nSPS) is 13.4. The highest BCUT2D eigenvalue weighted by Gasteiger charge is 2.19. The van der Waals surface area contributed by atoms with Crippen LogP contribution >= 0.6 is 0 Å². The Morgan fingerprint density at radius 1 is 1.00 bits per heavy atom. The van der Waals surface area contributed by atoms with Gasteiger partial charge in [0.2, 0.25) is 0 Å². The van der Waals surface area contributed by atoms with E-state index in [1.54, 1.807) is 30.3 Å². The first-order chi connectivity index (χ1) is 15.0. The third kappa shape index (κ3) is 4.55. The molecule has 0 fully saturated rings. The van der Waals surface area contributed by atoms with Gasteiger partial charge in [0.1, 0.15) is 13.2 Å². The maximum absolute atomic E-state index is 13.0. The number of aryl methyl sites for hydroxylation is 1. The molecule has 0 aliphatic carbocycles. The van der Waals surface area contributed by atoms with E-state index in [1.807, 2.05) is 32.0 Å². The highest BCUT2D eigenvalue weighted by Crippen LogP contribution is 2.33. The van der Waals surface area contributed by atoms with Gasteiger partial charge < -0.3 is 24.5 Å². The third-order valence-electron chi connectivity index (χ3n) is 5.18. The SMILES string of the molecule is CCC(NC(=O)c1ccc(C)c(NC(=O)c2ccco2)c1)c1ccc2c(c1)OCCO2. The quantitative estimate of drug-likeness (QED) is 0.613. The van der Waals surface area contributed by atoms with Gasteiger partial charge in [0.05, 0.1) is 12.3 Å². The smallest absolute Gasteiger partial charge is 0.291 e. The number of ether oxygens (including phenoxy) is 2. The van der Waals surface area contributed by atoms with Crippen molar-refractivity contribution in [2.75, 3.05) is 18.5 Å². The van der Waals surface area contributed by atoms with E-state index < -0.39 is 0 Å². The lowest BCUT2D eigenvalue weighted by Crippen LogP contribution is -2.28. The molecule has 0 saturated heterocycles. The number of benzene rings is 2. The van der Waals surface area contributed by atoms with Gasteiger partial charge in [-0.2, -0.15) is 0 Å². The highest BCUT2D eigenvalue weighted by atomic mass is 16.6. The van der Waals surface area contributed by atoms with Crippen molar-refractivity contribution in [1.82, 2.24) is 5.32 Å². The van der Waals surface area contributed by atoms with Crippen molar-refractivity contribution in [3.8, 4) is 11.5 Å². The second-order valence-corrected chi connectivity index (χ2v) is 7.30. The van der Waals surface area contributed by atoms with Gasteiger partial charge in [-0.15, -0.1) is 0 Å². The van der Waals surface area contributed by atoms with Gasteiger partial charge in [0.15, 0.2) is 17.3 Å². The molecular formula is C24H24N2O5. The van der Waals surface area contributed by atoms with E-state index in [-0.39, 0.29) is 23.6 Å². The van der Waals surface area contributed by atoms with E-state index in [0.717, 1.165) is 11.1 Å². The standard InChI is InChI=1S/C24H24N2O5/c1-3-18(16-8-9-20-22(14-16)31-12-11-30-20)25-23(27)17-7-6-15(2)19(13-17)26-24(28)21-5-4-10-29-21/h4-10,13-14,18H,3,11-12H2,1-2H3,(H,25,27)(H,26,28). The molecule has 7 heteroatoms. The van der Waals surface area contributed by atoms with Crippen molar-refractivity contribution in [2.24, 2.45) is 0 Å². The van der Waals surface area contributed by atoms with Crippen molar-refractivity contribution in [3.05, 3.63) is 77.2 Å². The van der Waals surface area contributed by atoms with Crippen LogP contribution in [-0.4, -0.2) is 25.0 Å². The highest BCUT2D eigenvalue weighted by molar-refractivity contribution is 6.04. The molecule has 1 aromatic heterocycles. The summed E-state index contributed by atoms with van der Waals surface area (Å²) in [4.78, 5) is 25.3. The Hall–Kier alpha value is -3.74. The van der Waals surface area contributed by atoms with Crippen LogP contribution in [0.25, 0.3) is 0 Å². The molecule has 31 heavy (non-hydrogen) atoms. The number of hydrogen-bond acceptors (Lipinski definition) is 5. The summed E-state index contributed by atoms with van der Waals surface area (Å²) in [7, 11) is 0. The number of rotatable bonds is 6. The maximum atomic E-state index is 13.0. The van der Waals surface area contributed by atoms with E-state index in [4.69, 9.17) is 13.9 Å². The van der Waals surface area contributed by atoms with Crippen molar-refractivity contribution in [3.63, 3.8) is 0 Å². The average molecular weight is 420 g/mol. The van der Waals surface area contributed by atoms with Crippen LogP contribution in [0.4, 0.5) is 5.69 Å². The lowest BCUT2D eigenvalue weighted by Gasteiger charge is -2.22. The molecule has 1 unspecified atom stereocenters. The van der Waals surface area contributed by atoms with E-state index in [2.05, 4.69) is 10.6 Å². The lowest BCUT2D eigenvalue weighted by atomic mass is 10.0. The summed E-state index contributed by atoms with van der Waals surface area (Å²) in [6.07, 6.45) is 2.15. The van der Waals surface area contributed by atoms with E-state index in [1.165, 1.54) is 6.26 Å². The predicted octanol–water partition coefficient (Wildman–Crippen LogP) is 4.49. The van der Waals surface area contributed by atoms with Gasteiger partial charge in [-0.25, -0.2) is 0 Å². The fourth-order valence-electron chi connectivity index (χ4n) is 3.43. The lowest BCUT2D eigenvalue weighted by molar-refractivity contribution is 0.0933. The zero-order valence-corrected chi connectivity index (χ0v) is 17.4. The molecule has 0 saturated carbocycles. The molecule has 0 bridgehead atoms. The predicted molar refractivity (Wildman–Crippen MR) is 116 cm³/mol. The molecule has 7 nitrogen and oxygen atoms in total. The van der Waals surface area contributed by atoms with Gasteiger partial charge in [-0.3, -0.25) is 9.59 Å². The fourth-order valence-corrected chi connectivity index (χ4v) is 3.43. The Bertz CT molecular complexity index is 1090. The third-order valence-corrected chi connectivity index (χ3v) is 5.18. The van der Waals surface area contributed by atoms with Gasteiger partial charge >= 0.3 is 0 Å². The van der Waals surface area contributed by atoms with Gasteiger partial charge in [-0.1, -0.05) is 19.1 Å². The molecule has 3 aromatic rings. The summed E-state index contributed by atoms with van der Waals surface area (Å²) < 4.78 is 16.4. The summed E-state index contributed by atoms with van der Waals surface area (Å²) >= 11 is 0. The molecule has 0 radical (unpaired) electrons. The Balaban J connectivity index is 1.50. The minimum atomic E-state index is -0.367. The van der Waals surface area contributed by atoms with Crippen molar-refractivity contribution >= 4 is 17.5 Å². The second-order valence-electron chi connectivity index (χ2n) is 7.30. The minimum Gasteiger partial charge on any atom is -0.486 e. The monoisotopic (exact) mass is 420 g/mol. The largest absolute Gasteiger partial charge is 0.486 e. The zero-order valence-electron chi connectivity index (χ0n) is 17.4. The van der Waals surface area contributed by atoms with E-state index >= 15 is 0 Å². The number of furan rings is 1. The van der Waals surface area contributed by atoms with Crippen LogP contribution in [0.2, 0.25) is 0 Å². The number of anilines is 1. The fraction of sp³-hybridized carbons (Fsp3) is 0.250. The van der Waals surface area contributed by atoms with Crippen molar-refractivity contribution < 1.29 is 23.5 Å². The van der Waals surface area contributed by atoms with Crippen LogP contribution in [0.15, 0.2) is 59.2 Å². The van der Waals surface area contributed by atoms with Gasteiger partial charge in [0.25, 0.3) is 11.8 Å². The number of carbonyl (C=O) groups is 2. The molecule has 160 valence electrons. The van der Waals surface area contributed by atoms with Crippen molar-refractivity contribution in [1.29, 1.82) is 0 Å². The Labute approximate surface area is 180 Å². The molecule has 1 atom stereocenters. The van der Waals surface area contributed by atoms with E-state index in [9.17, 15) is 9.59 Å². The van der Waals surface area contributed by atoms with Crippen LogP contribution in [0.3, 0.4) is 0 Å². The Morgan fingerprint density at radius 2 is 1.81 bits per heavy atom. The number of nitrogens with one attached hydrogen (secondary N) is 2. The summed E-state index contributed by atoms with van der Waals surface area (Å²) in [5.74, 6) is 1.02. The maximum Gasteiger partial charge on any atom is 0.291 e. The summed E-state index contributed by atoms with van der Waals surface area (Å²) in [6, 6.07) is 14.0. The minimum absolute atomic E-state index is 0.189. The number of fused-ring (bicyclic) bond motifs is 1. The summed E-state index contributed by atoms with van der Waals surface area (Å²) in [5.41, 5.74) is 2.80. The average Bonchev–Trinajstić information content (AvgIpc) is 3.33.